The molecule has 0 fully saturated rings. The first kappa shape index (κ1) is 27.8. The molecule has 0 spiro atoms. The fourth-order valence-electron chi connectivity index (χ4n) is 4.31. The van der Waals surface area contributed by atoms with Gasteiger partial charge < -0.3 is 9.30 Å². The van der Waals surface area contributed by atoms with E-state index in [1.165, 1.54) is 48.1 Å². The summed E-state index contributed by atoms with van der Waals surface area (Å²) in [5.74, 6) is -0.0664. The van der Waals surface area contributed by atoms with Gasteiger partial charge in [-0.25, -0.2) is 18.1 Å². The summed E-state index contributed by atoms with van der Waals surface area (Å²) in [5, 5.41) is 8.29. The minimum Gasteiger partial charge on any atom is -0.406 e. The van der Waals surface area contributed by atoms with E-state index in [1.807, 2.05) is 0 Å². The minimum absolute atomic E-state index is 0.153. The number of hydrogen-bond donors (Lipinski definition) is 0. The van der Waals surface area contributed by atoms with Crippen LogP contribution in [-0.4, -0.2) is 51.4 Å². The Morgan fingerprint density at radius 2 is 1.61 bits per heavy atom. The van der Waals surface area contributed by atoms with Crippen LogP contribution in [0.1, 0.15) is 23.2 Å². The summed E-state index contributed by atoms with van der Waals surface area (Å²) in [6.45, 7) is 3.15. The van der Waals surface area contributed by atoms with Crippen LogP contribution in [-0.2, 0) is 9.84 Å². The lowest BCUT2D eigenvalue weighted by molar-refractivity contribution is -0.274. The molecule has 0 bridgehead atoms. The average molecular weight is 582 g/mol. The first-order valence-electron chi connectivity index (χ1n) is 12.1. The van der Waals surface area contributed by atoms with Crippen LogP contribution in [0.5, 0.6) is 5.75 Å². The number of halogens is 3. The van der Waals surface area contributed by atoms with E-state index in [1.54, 1.807) is 54.1 Å². The van der Waals surface area contributed by atoms with Crippen LogP contribution in [0.15, 0.2) is 84.0 Å². The molecule has 5 rings (SSSR count). The van der Waals surface area contributed by atoms with E-state index < -0.39 is 16.2 Å². The van der Waals surface area contributed by atoms with Crippen molar-refractivity contribution in [3.05, 3.63) is 90.6 Å². The van der Waals surface area contributed by atoms with Gasteiger partial charge in [-0.3, -0.25) is 4.79 Å². The van der Waals surface area contributed by atoms with Crippen molar-refractivity contribution in [2.24, 2.45) is 0 Å². The van der Waals surface area contributed by atoms with E-state index in [0.29, 0.717) is 39.6 Å². The molecule has 0 saturated carbocycles. The Morgan fingerprint density at radius 3 is 2.24 bits per heavy atom. The number of benzene rings is 3. The van der Waals surface area contributed by atoms with Crippen LogP contribution in [0.3, 0.4) is 0 Å². The third-order valence-electron chi connectivity index (χ3n) is 6.23. The molecule has 0 unspecified atom stereocenters. The van der Waals surface area contributed by atoms with Crippen molar-refractivity contribution in [3.63, 3.8) is 0 Å². The zero-order valence-corrected chi connectivity index (χ0v) is 22.7. The number of nitrogens with zero attached hydrogens (tertiary/aromatic N) is 5. The Morgan fingerprint density at radius 1 is 0.927 bits per heavy atom. The lowest BCUT2D eigenvalue weighted by Crippen LogP contribution is -2.16. The van der Waals surface area contributed by atoms with Gasteiger partial charge in [0.25, 0.3) is 0 Å². The summed E-state index contributed by atoms with van der Waals surface area (Å²) in [4.78, 5) is 16.5. The Labute approximate surface area is 232 Å². The number of sulfone groups is 1. The lowest BCUT2D eigenvalue weighted by atomic mass is 10.0. The largest absolute Gasteiger partial charge is 0.573 e. The molecule has 41 heavy (non-hydrogen) atoms. The number of hydrogen-bond acceptors (Lipinski definition) is 7. The van der Waals surface area contributed by atoms with Crippen molar-refractivity contribution in [2.45, 2.75) is 25.1 Å². The van der Waals surface area contributed by atoms with Gasteiger partial charge in [0.1, 0.15) is 17.3 Å². The topological polar surface area (TPSA) is 109 Å². The number of Topliss-reactive ketones (excluding diaryl/α,β-unsaturated/α-hetero) is 1. The predicted octanol–water partition coefficient (Wildman–Crippen LogP) is 5.60. The average Bonchev–Trinajstić information content (AvgIpc) is 3.55. The molecular weight excluding hydrogens is 559 g/mol. The van der Waals surface area contributed by atoms with Gasteiger partial charge in [0.2, 0.25) is 0 Å². The lowest BCUT2D eigenvalue weighted by Gasteiger charge is -2.16. The van der Waals surface area contributed by atoms with Crippen LogP contribution >= 0.6 is 0 Å². The number of imidazole rings is 1. The van der Waals surface area contributed by atoms with E-state index in [0.717, 1.165) is 6.26 Å². The number of alkyl halides is 3. The minimum atomic E-state index is -4.82. The molecular formula is C28H22F3N5O4S. The summed E-state index contributed by atoms with van der Waals surface area (Å²) in [5.41, 5.74) is 3.58. The first-order chi connectivity index (χ1) is 19.3. The molecule has 2 aromatic heterocycles. The van der Waals surface area contributed by atoms with E-state index in [4.69, 9.17) is 0 Å². The van der Waals surface area contributed by atoms with Crippen molar-refractivity contribution < 1.29 is 31.1 Å². The highest BCUT2D eigenvalue weighted by molar-refractivity contribution is 7.90. The molecule has 0 N–H and O–H groups in total. The SMILES string of the molecule is CC(=O)c1cn(-c2ccc(-c3cccc(S(C)(=O)=O)c3)cc2-n2nncc2-c2ccc(OC(F)(F)F)cc2)c(C)n1. The third kappa shape index (κ3) is 5.89. The van der Waals surface area contributed by atoms with E-state index in [2.05, 4.69) is 20.0 Å². The summed E-state index contributed by atoms with van der Waals surface area (Å²) >= 11 is 0. The highest BCUT2D eigenvalue weighted by atomic mass is 32.2. The standard InChI is InChI=1S/C28H22F3N5O4S/c1-17(37)24-16-35(18(2)33-24)25-12-9-21(20-5-4-6-23(13-20)41(3,38)39)14-26(25)36-27(15-32-34-36)19-7-10-22(11-8-19)40-28(29,30)31/h4-16H,1-3H3. The zero-order chi connectivity index (χ0) is 29.5. The molecule has 9 nitrogen and oxygen atoms in total. The molecule has 2 heterocycles. The van der Waals surface area contributed by atoms with E-state index >= 15 is 0 Å². The van der Waals surface area contributed by atoms with Crippen LogP contribution in [0, 0.1) is 6.92 Å². The fraction of sp³-hybridized carbons (Fsp3) is 0.143. The molecule has 0 radical (unpaired) electrons. The number of ether oxygens (including phenoxy) is 1. The van der Waals surface area contributed by atoms with Crippen molar-refractivity contribution in [1.29, 1.82) is 0 Å². The number of ketones is 1. The van der Waals surface area contributed by atoms with Crippen LogP contribution < -0.4 is 4.74 Å². The van der Waals surface area contributed by atoms with Gasteiger partial charge in [-0.2, -0.15) is 0 Å². The molecule has 3 aromatic carbocycles. The Balaban J connectivity index is 1.68. The van der Waals surface area contributed by atoms with E-state index in [-0.39, 0.29) is 22.1 Å². The molecule has 0 atom stereocenters. The van der Waals surface area contributed by atoms with Gasteiger partial charge in [-0.15, -0.1) is 18.3 Å². The van der Waals surface area contributed by atoms with Crippen LogP contribution in [0.25, 0.3) is 33.8 Å². The van der Waals surface area contributed by atoms with Crippen molar-refractivity contribution in [2.75, 3.05) is 6.26 Å². The highest BCUT2D eigenvalue weighted by Crippen LogP contribution is 2.33. The van der Waals surface area contributed by atoms with Gasteiger partial charge in [-0.1, -0.05) is 23.4 Å². The molecule has 0 aliphatic heterocycles. The van der Waals surface area contributed by atoms with Gasteiger partial charge in [0.15, 0.2) is 15.6 Å². The second-order valence-corrected chi connectivity index (χ2v) is 11.2. The van der Waals surface area contributed by atoms with Gasteiger partial charge >= 0.3 is 6.36 Å². The molecule has 5 aromatic rings. The highest BCUT2D eigenvalue weighted by Gasteiger charge is 2.31. The van der Waals surface area contributed by atoms with Crippen molar-refractivity contribution >= 4 is 15.6 Å². The van der Waals surface area contributed by atoms with Gasteiger partial charge in [0, 0.05) is 24.9 Å². The summed E-state index contributed by atoms with van der Waals surface area (Å²) in [7, 11) is -3.46. The maximum absolute atomic E-state index is 12.7. The third-order valence-corrected chi connectivity index (χ3v) is 7.34. The summed E-state index contributed by atoms with van der Waals surface area (Å²) in [6.07, 6.45) is -0.639. The molecule has 0 aliphatic rings. The second-order valence-electron chi connectivity index (χ2n) is 9.21. The number of aryl methyl sites for hydroxylation is 1. The van der Waals surface area contributed by atoms with Gasteiger partial charge in [0.05, 0.1) is 28.2 Å². The van der Waals surface area contributed by atoms with Crippen molar-refractivity contribution in [1.82, 2.24) is 24.5 Å². The molecule has 0 amide bonds. The maximum atomic E-state index is 12.7. The molecule has 13 heteroatoms. The normalized spacial score (nSPS) is 12.0. The Bertz CT molecular complexity index is 1880. The van der Waals surface area contributed by atoms with Gasteiger partial charge in [-0.05, 0) is 66.6 Å². The molecule has 210 valence electrons. The maximum Gasteiger partial charge on any atom is 0.573 e. The van der Waals surface area contributed by atoms with Crippen LogP contribution in [0.4, 0.5) is 13.2 Å². The quantitative estimate of drug-likeness (QED) is 0.230. The summed E-state index contributed by atoms with van der Waals surface area (Å²) < 4.78 is 69.5. The number of aromatic nitrogens is 5. The molecule has 0 saturated heterocycles. The second kappa shape index (κ2) is 10.3. The smallest absolute Gasteiger partial charge is 0.406 e. The van der Waals surface area contributed by atoms with Crippen molar-refractivity contribution in [3.8, 4) is 39.5 Å². The predicted molar refractivity (Wildman–Crippen MR) is 144 cm³/mol. The molecule has 0 aliphatic carbocycles. The number of carbonyl (C=O) groups excluding carboxylic acids is 1. The summed E-state index contributed by atoms with van der Waals surface area (Å²) in [6, 6.07) is 17.1. The monoisotopic (exact) mass is 581 g/mol. The zero-order valence-electron chi connectivity index (χ0n) is 21.9. The fourth-order valence-corrected chi connectivity index (χ4v) is 4.97. The number of rotatable bonds is 7. The van der Waals surface area contributed by atoms with Crippen LogP contribution in [0.2, 0.25) is 0 Å². The van der Waals surface area contributed by atoms with E-state index in [9.17, 15) is 26.4 Å². The number of carbonyl (C=O) groups is 1. The first-order valence-corrected chi connectivity index (χ1v) is 14.0. The Kier molecular flexibility index (Phi) is 6.99. The Hall–Kier alpha value is -4.78.